The van der Waals surface area contributed by atoms with Crippen molar-refractivity contribution >= 4 is 23.4 Å². The van der Waals surface area contributed by atoms with E-state index in [1.165, 1.54) is 5.56 Å². The van der Waals surface area contributed by atoms with Gasteiger partial charge in [-0.2, -0.15) is 4.98 Å². The van der Waals surface area contributed by atoms with E-state index in [0.717, 1.165) is 53.0 Å². The number of fused-ring (bicyclic) bond motifs is 3. The van der Waals surface area contributed by atoms with Crippen LogP contribution >= 0.6 is 11.8 Å². The number of hydrogen-bond donors (Lipinski definition) is 0. The highest BCUT2D eigenvalue weighted by Gasteiger charge is 2.35. The molecular formula is C26H30N4O2S. The van der Waals surface area contributed by atoms with Crippen LogP contribution in [0.3, 0.4) is 0 Å². The second-order valence-corrected chi connectivity index (χ2v) is 9.44. The second kappa shape index (κ2) is 9.91. The number of carbonyl (C=O) groups is 1. The highest BCUT2D eigenvalue weighted by molar-refractivity contribution is 7.99. The fourth-order valence-electron chi connectivity index (χ4n) is 4.11. The van der Waals surface area contributed by atoms with Gasteiger partial charge in [0.1, 0.15) is 0 Å². The van der Waals surface area contributed by atoms with Crippen LogP contribution in [0, 0.1) is 13.8 Å². The lowest BCUT2D eigenvalue weighted by molar-refractivity contribution is -0.118. The summed E-state index contributed by atoms with van der Waals surface area (Å²) >= 11 is 1.58. The Hall–Kier alpha value is -2.93. The quantitative estimate of drug-likeness (QED) is 0.328. The summed E-state index contributed by atoms with van der Waals surface area (Å²) in [5, 5.41) is 9.49. The largest absolute Gasteiger partial charge is 0.447 e. The second-order valence-electron chi connectivity index (χ2n) is 8.38. The lowest BCUT2D eigenvalue weighted by Gasteiger charge is -2.31. The van der Waals surface area contributed by atoms with Crippen molar-refractivity contribution in [3.8, 4) is 17.1 Å². The van der Waals surface area contributed by atoms with Gasteiger partial charge >= 0.3 is 0 Å². The molecular weight excluding hydrogens is 432 g/mol. The fourth-order valence-corrected chi connectivity index (χ4v) is 4.97. The predicted octanol–water partition coefficient (Wildman–Crippen LogP) is 6.05. The van der Waals surface area contributed by atoms with Crippen molar-refractivity contribution in [2.45, 2.75) is 65.3 Å². The summed E-state index contributed by atoms with van der Waals surface area (Å²) in [5.41, 5.74) is 6.35. The third kappa shape index (κ3) is 4.74. The van der Waals surface area contributed by atoms with Gasteiger partial charge in [-0.25, -0.2) is 0 Å². The standard InChI is InChI=1S/C26H30N4O2S/c1-6-8-13-33-26-27-24-22(28-29-26)21-15-16(3)14-17(4)23(21)30(18(5)31)25(32-24)20-11-9-19(7-2)10-12-20/h9-12,14-15,25H,6-8,13H2,1-5H3/t25-/m1/s1. The number of benzene rings is 2. The molecule has 2 heterocycles. The van der Waals surface area contributed by atoms with Gasteiger partial charge in [0, 0.05) is 23.8 Å². The monoisotopic (exact) mass is 462 g/mol. The van der Waals surface area contributed by atoms with Crippen molar-refractivity contribution < 1.29 is 9.53 Å². The van der Waals surface area contributed by atoms with Gasteiger partial charge in [0.05, 0.1) is 5.69 Å². The molecule has 1 aliphatic rings. The summed E-state index contributed by atoms with van der Waals surface area (Å²) in [6, 6.07) is 12.3. The normalized spacial score (nSPS) is 14.8. The van der Waals surface area contributed by atoms with E-state index in [-0.39, 0.29) is 5.91 Å². The zero-order valence-corrected chi connectivity index (χ0v) is 20.7. The van der Waals surface area contributed by atoms with E-state index in [9.17, 15) is 4.79 Å². The van der Waals surface area contributed by atoms with E-state index in [1.807, 2.05) is 32.0 Å². The number of ether oxygens (including phenoxy) is 1. The first-order valence-corrected chi connectivity index (χ1v) is 12.5. The molecule has 172 valence electrons. The summed E-state index contributed by atoms with van der Waals surface area (Å²) in [6.07, 6.45) is 2.48. The minimum atomic E-state index is -0.653. The van der Waals surface area contributed by atoms with Crippen molar-refractivity contribution in [2.75, 3.05) is 10.7 Å². The van der Waals surface area contributed by atoms with Crippen molar-refractivity contribution in [3.05, 3.63) is 58.7 Å². The molecule has 0 spiro atoms. The van der Waals surface area contributed by atoms with Gasteiger partial charge in [-0.05, 0) is 43.9 Å². The van der Waals surface area contributed by atoms with Gasteiger partial charge in [0.2, 0.25) is 23.2 Å². The Labute approximate surface area is 199 Å². The topological polar surface area (TPSA) is 68.2 Å². The Balaban J connectivity index is 1.90. The molecule has 4 rings (SSSR count). The van der Waals surface area contributed by atoms with Gasteiger partial charge < -0.3 is 4.74 Å². The number of anilines is 1. The lowest BCUT2D eigenvalue weighted by atomic mass is 10.00. The van der Waals surface area contributed by atoms with E-state index < -0.39 is 6.23 Å². The first-order valence-electron chi connectivity index (χ1n) is 11.5. The van der Waals surface area contributed by atoms with E-state index in [2.05, 4.69) is 42.2 Å². The zero-order valence-electron chi connectivity index (χ0n) is 19.9. The van der Waals surface area contributed by atoms with E-state index >= 15 is 0 Å². The van der Waals surface area contributed by atoms with Crippen molar-refractivity contribution in [2.24, 2.45) is 0 Å². The van der Waals surface area contributed by atoms with E-state index in [4.69, 9.17) is 9.72 Å². The third-order valence-electron chi connectivity index (χ3n) is 5.78. The predicted molar refractivity (Wildman–Crippen MR) is 133 cm³/mol. The highest BCUT2D eigenvalue weighted by atomic mass is 32.2. The molecule has 1 atom stereocenters. The maximum atomic E-state index is 13.0. The van der Waals surface area contributed by atoms with Crippen LogP contribution in [0.5, 0.6) is 5.88 Å². The van der Waals surface area contributed by atoms with Gasteiger partial charge in [0.25, 0.3) is 0 Å². The average Bonchev–Trinajstić information content (AvgIpc) is 2.94. The number of thioether (sulfide) groups is 1. The van der Waals surface area contributed by atoms with Crippen molar-refractivity contribution in [3.63, 3.8) is 0 Å². The molecule has 0 radical (unpaired) electrons. The minimum Gasteiger partial charge on any atom is -0.447 e. The number of amides is 1. The van der Waals surface area contributed by atoms with Crippen LogP contribution < -0.4 is 9.64 Å². The summed E-state index contributed by atoms with van der Waals surface area (Å²) in [6.45, 7) is 9.90. The SMILES string of the molecule is CCCCSc1nnc2c(n1)O[C@H](c1ccc(CC)cc1)N(C(C)=O)c1c(C)cc(C)cc1-2. The summed E-state index contributed by atoms with van der Waals surface area (Å²) in [5.74, 6) is 1.22. The molecule has 0 N–H and O–H groups in total. The van der Waals surface area contributed by atoms with E-state index in [1.54, 1.807) is 23.6 Å². The number of nitrogens with zero attached hydrogens (tertiary/aromatic N) is 4. The lowest BCUT2D eigenvalue weighted by Crippen LogP contribution is -2.36. The van der Waals surface area contributed by atoms with Gasteiger partial charge in [-0.15, -0.1) is 10.2 Å². The molecule has 6 nitrogen and oxygen atoms in total. The molecule has 0 unspecified atom stereocenters. The zero-order chi connectivity index (χ0) is 23.5. The highest BCUT2D eigenvalue weighted by Crippen LogP contribution is 2.45. The third-order valence-corrected chi connectivity index (χ3v) is 6.70. The summed E-state index contributed by atoms with van der Waals surface area (Å²) in [7, 11) is 0. The van der Waals surface area contributed by atoms with Crippen LogP contribution in [-0.4, -0.2) is 26.8 Å². The van der Waals surface area contributed by atoms with Gasteiger partial charge in [-0.3, -0.25) is 9.69 Å². The van der Waals surface area contributed by atoms with Crippen LogP contribution in [0.15, 0.2) is 41.6 Å². The van der Waals surface area contributed by atoms with Crippen LogP contribution in [0.4, 0.5) is 5.69 Å². The first-order chi connectivity index (χ1) is 15.9. The van der Waals surface area contributed by atoms with Crippen LogP contribution in [0.2, 0.25) is 0 Å². The van der Waals surface area contributed by atoms with E-state index in [0.29, 0.717) is 16.7 Å². The van der Waals surface area contributed by atoms with Crippen molar-refractivity contribution in [1.82, 2.24) is 15.2 Å². The number of aryl methyl sites for hydroxylation is 3. The number of carbonyl (C=O) groups excluding carboxylic acids is 1. The molecule has 7 heteroatoms. The Morgan fingerprint density at radius 1 is 1.12 bits per heavy atom. The molecule has 0 fully saturated rings. The minimum absolute atomic E-state index is 0.105. The molecule has 0 bridgehead atoms. The Bertz CT molecular complexity index is 1160. The molecule has 3 aromatic rings. The Kier molecular flexibility index (Phi) is 6.98. The number of hydrogen-bond acceptors (Lipinski definition) is 6. The van der Waals surface area contributed by atoms with Crippen LogP contribution in [-0.2, 0) is 11.2 Å². The van der Waals surface area contributed by atoms with Crippen LogP contribution in [0.25, 0.3) is 11.3 Å². The maximum absolute atomic E-state index is 13.0. The maximum Gasteiger partial charge on any atom is 0.247 e. The van der Waals surface area contributed by atoms with Gasteiger partial charge in [-0.1, -0.05) is 67.9 Å². The molecule has 0 saturated heterocycles. The average molecular weight is 463 g/mol. The Morgan fingerprint density at radius 3 is 2.55 bits per heavy atom. The number of unbranched alkanes of at least 4 members (excludes halogenated alkanes) is 1. The van der Waals surface area contributed by atoms with Crippen molar-refractivity contribution in [1.29, 1.82) is 0 Å². The van der Waals surface area contributed by atoms with Gasteiger partial charge in [0.15, 0.2) is 5.69 Å². The molecule has 1 amide bonds. The number of aromatic nitrogens is 3. The summed E-state index contributed by atoms with van der Waals surface area (Å²) < 4.78 is 6.49. The molecule has 1 aromatic heterocycles. The first kappa shape index (κ1) is 23.2. The molecule has 2 aromatic carbocycles. The fraction of sp³-hybridized carbons (Fsp3) is 0.385. The van der Waals surface area contributed by atoms with Crippen LogP contribution in [0.1, 0.15) is 62.1 Å². The molecule has 1 aliphatic heterocycles. The molecule has 33 heavy (non-hydrogen) atoms. The Morgan fingerprint density at radius 2 is 1.88 bits per heavy atom. The molecule has 0 saturated carbocycles. The number of rotatable bonds is 6. The molecule has 0 aliphatic carbocycles. The smallest absolute Gasteiger partial charge is 0.247 e. The summed E-state index contributed by atoms with van der Waals surface area (Å²) in [4.78, 5) is 19.5.